The summed E-state index contributed by atoms with van der Waals surface area (Å²) in [4.78, 5) is 4.38. The molecule has 2 aromatic heterocycles. The summed E-state index contributed by atoms with van der Waals surface area (Å²) in [6.07, 6.45) is 4.25. The third-order valence-corrected chi connectivity index (χ3v) is 3.11. The summed E-state index contributed by atoms with van der Waals surface area (Å²) in [5, 5.41) is 15.6. The lowest BCUT2D eigenvalue weighted by Gasteiger charge is -2.19. The molecule has 0 spiro atoms. The van der Waals surface area contributed by atoms with Crippen molar-refractivity contribution in [2.45, 2.75) is 58.2 Å². The monoisotopic (exact) mass is 276 g/mol. The maximum absolute atomic E-state index is 5.23. The van der Waals surface area contributed by atoms with E-state index in [2.05, 4.69) is 46.5 Å². The van der Waals surface area contributed by atoms with Crippen LogP contribution in [0.2, 0.25) is 0 Å². The molecule has 1 fully saturated rings. The summed E-state index contributed by atoms with van der Waals surface area (Å²) < 4.78 is 6.95. The van der Waals surface area contributed by atoms with Crippen LogP contribution in [0.5, 0.6) is 0 Å². The number of aromatic nitrogens is 5. The standard InChI is InChI=1S/C13H20N6O/c1-13(2,3)14-6-10-7-19(18-16-10)8-11-15-12(17-20-11)9-4-5-9/h7,9,14H,4-6,8H2,1-3H3. The second-order valence-electron chi connectivity index (χ2n) is 6.33. The molecule has 0 radical (unpaired) electrons. The number of hydrogen-bond donors (Lipinski definition) is 1. The highest BCUT2D eigenvalue weighted by atomic mass is 16.5. The van der Waals surface area contributed by atoms with E-state index in [0.29, 0.717) is 24.9 Å². The van der Waals surface area contributed by atoms with Crippen molar-refractivity contribution in [1.29, 1.82) is 0 Å². The fourth-order valence-electron chi connectivity index (χ4n) is 1.83. The summed E-state index contributed by atoms with van der Waals surface area (Å²) in [5.74, 6) is 1.93. The maximum Gasteiger partial charge on any atom is 0.248 e. The molecule has 3 rings (SSSR count). The average Bonchev–Trinajstić information content (AvgIpc) is 2.95. The molecule has 0 saturated heterocycles. The normalized spacial score (nSPS) is 15.8. The molecule has 7 heteroatoms. The minimum atomic E-state index is 0.0649. The molecule has 1 N–H and O–H groups in total. The SMILES string of the molecule is CC(C)(C)NCc1cn(Cc2nc(C3CC3)no2)nn1. The largest absolute Gasteiger partial charge is 0.337 e. The van der Waals surface area contributed by atoms with Crippen LogP contribution in [0.25, 0.3) is 0 Å². The van der Waals surface area contributed by atoms with Crippen molar-refractivity contribution in [2.75, 3.05) is 0 Å². The van der Waals surface area contributed by atoms with Gasteiger partial charge in [-0.15, -0.1) is 5.10 Å². The van der Waals surface area contributed by atoms with Gasteiger partial charge >= 0.3 is 0 Å². The first-order valence-electron chi connectivity index (χ1n) is 6.96. The van der Waals surface area contributed by atoms with Crippen LogP contribution in [0.1, 0.15) is 56.9 Å². The van der Waals surface area contributed by atoms with Crippen molar-refractivity contribution < 1.29 is 4.52 Å². The lowest BCUT2D eigenvalue weighted by atomic mass is 10.1. The zero-order valence-electron chi connectivity index (χ0n) is 12.1. The molecule has 1 aliphatic carbocycles. The summed E-state index contributed by atoms with van der Waals surface area (Å²) in [7, 11) is 0. The van der Waals surface area contributed by atoms with Crippen LogP contribution in [0.3, 0.4) is 0 Å². The lowest BCUT2D eigenvalue weighted by Crippen LogP contribution is -2.35. The van der Waals surface area contributed by atoms with E-state index in [4.69, 9.17) is 4.52 Å². The highest BCUT2D eigenvalue weighted by molar-refractivity contribution is 5.03. The van der Waals surface area contributed by atoms with Gasteiger partial charge in [-0.1, -0.05) is 10.4 Å². The first-order valence-corrected chi connectivity index (χ1v) is 6.96. The number of nitrogens with zero attached hydrogens (tertiary/aromatic N) is 5. The Morgan fingerprint density at radius 1 is 1.40 bits per heavy atom. The van der Waals surface area contributed by atoms with Crippen LogP contribution in [-0.2, 0) is 13.1 Å². The summed E-state index contributed by atoms with van der Waals surface area (Å²) in [6, 6.07) is 0. The fourth-order valence-corrected chi connectivity index (χ4v) is 1.83. The van der Waals surface area contributed by atoms with Gasteiger partial charge < -0.3 is 9.84 Å². The van der Waals surface area contributed by atoms with Gasteiger partial charge in [-0.05, 0) is 33.6 Å². The van der Waals surface area contributed by atoms with E-state index in [9.17, 15) is 0 Å². The lowest BCUT2D eigenvalue weighted by molar-refractivity contribution is 0.360. The number of rotatable bonds is 5. The van der Waals surface area contributed by atoms with Crippen molar-refractivity contribution in [2.24, 2.45) is 0 Å². The Morgan fingerprint density at radius 2 is 2.20 bits per heavy atom. The zero-order chi connectivity index (χ0) is 14.2. The van der Waals surface area contributed by atoms with E-state index < -0.39 is 0 Å². The topological polar surface area (TPSA) is 81.7 Å². The third kappa shape index (κ3) is 3.41. The highest BCUT2D eigenvalue weighted by Gasteiger charge is 2.28. The molecular formula is C13H20N6O. The molecule has 0 aliphatic heterocycles. The minimum Gasteiger partial charge on any atom is -0.337 e. The van der Waals surface area contributed by atoms with E-state index in [-0.39, 0.29) is 5.54 Å². The molecule has 7 nitrogen and oxygen atoms in total. The Labute approximate surface area is 117 Å². The summed E-state index contributed by atoms with van der Waals surface area (Å²) >= 11 is 0. The predicted molar refractivity (Wildman–Crippen MR) is 72.0 cm³/mol. The van der Waals surface area contributed by atoms with Crippen LogP contribution in [-0.4, -0.2) is 30.7 Å². The first-order chi connectivity index (χ1) is 9.49. The molecule has 0 bridgehead atoms. The van der Waals surface area contributed by atoms with Crippen LogP contribution < -0.4 is 5.32 Å². The number of nitrogens with one attached hydrogen (secondary N) is 1. The van der Waals surface area contributed by atoms with Gasteiger partial charge in [0.15, 0.2) is 5.82 Å². The van der Waals surface area contributed by atoms with E-state index in [1.807, 2.05) is 6.20 Å². The second kappa shape index (κ2) is 4.97. The molecule has 0 atom stereocenters. The van der Waals surface area contributed by atoms with Gasteiger partial charge in [-0.2, -0.15) is 4.98 Å². The molecule has 2 heterocycles. The van der Waals surface area contributed by atoms with Crippen LogP contribution >= 0.6 is 0 Å². The smallest absolute Gasteiger partial charge is 0.248 e. The Hall–Kier alpha value is -1.76. The van der Waals surface area contributed by atoms with E-state index in [1.54, 1.807) is 4.68 Å². The molecule has 0 aromatic carbocycles. The second-order valence-corrected chi connectivity index (χ2v) is 6.33. The van der Waals surface area contributed by atoms with E-state index >= 15 is 0 Å². The van der Waals surface area contributed by atoms with Crippen molar-refractivity contribution in [3.63, 3.8) is 0 Å². The summed E-state index contributed by atoms with van der Waals surface area (Å²) in [6.45, 7) is 7.53. The van der Waals surface area contributed by atoms with Crippen LogP contribution in [0, 0.1) is 0 Å². The zero-order valence-corrected chi connectivity index (χ0v) is 12.1. The van der Waals surface area contributed by atoms with Gasteiger partial charge in [0, 0.05) is 18.0 Å². The molecule has 20 heavy (non-hydrogen) atoms. The molecule has 108 valence electrons. The Kier molecular flexibility index (Phi) is 3.29. The van der Waals surface area contributed by atoms with Crippen molar-refractivity contribution >= 4 is 0 Å². The van der Waals surface area contributed by atoms with Gasteiger partial charge in [0.25, 0.3) is 0 Å². The quantitative estimate of drug-likeness (QED) is 0.890. The Bertz CT molecular complexity index is 578. The molecule has 1 saturated carbocycles. The van der Waals surface area contributed by atoms with Gasteiger partial charge in [-0.25, -0.2) is 4.68 Å². The molecule has 1 aliphatic rings. The van der Waals surface area contributed by atoms with Gasteiger partial charge in [-0.3, -0.25) is 0 Å². The molecule has 2 aromatic rings. The van der Waals surface area contributed by atoms with E-state index in [1.165, 1.54) is 12.8 Å². The maximum atomic E-state index is 5.23. The Morgan fingerprint density at radius 3 is 2.90 bits per heavy atom. The van der Waals surface area contributed by atoms with Gasteiger partial charge in [0.2, 0.25) is 5.89 Å². The predicted octanol–water partition coefficient (Wildman–Crippen LogP) is 1.47. The van der Waals surface area contributed by atoms with E-state index in [0.717, 1.165) is 11.5 Å². The van der Waals surface area contributed by atoms with Crippen molar-refractivity contribution in [1.82, 2.24) is 30.5 Å². The van der Waals surface area contributed by atoms with Crippen molar-refractivity contribution in [3.05, 3.63) is 23.6 Å². The van der Waals surface area contributed by atoms with Crippen molar-refractivity contribution in [3.8, 4) is 0 Å². The molecular weight excluding hydrogens is 256 g/mol. The first kappa shape index (κ1) is 13.2. The van der Waals surface area contributed by atoms with Crippen LogP contribution in [0.15, 0.2) is 10.7 Å². The van der Waals surface area contributed by atoms with Crippen LogP contribution in [0.4, 0.5) is 0 Å². The van der Waals surface area contributed by atoms with Gasteiger partial charge in [0.1, 0.15) is 6.54 Å². The summed E-state index contributed by atoms with van der Waals surface area (Å²) in [5.41, 5.74) is 0.969. The highest BCUT2D eigenvalue weighted by Crippen LogP contribution is 2.38. The molecule has 0 unspecified atom stereocenters. The molecule has 0 amide bonds. The number of hydrogen-bond acceptors (Lipinski definition) is 6. The third-order valence-electron chi connectivity index (χ3n) is 3.11. The average molecular weight is 276 g/mol. The Balaban J connectivity index is 1.58. The minimum absolute atomic E-state index is 0.0649. The van der Waals surface area contributed by atoms with Gasteiger partial charge in [0.05, 0.1) is 11.9 Å². The fraction of sp³-hybridized carbons (Fsp3) is 0.692.